The zero-order valence-corrected chi connectivity index (χ0v) is 27.9. The van der Waals surface area contributed by atoms with Crippen LogP contribution in [0, 0.1) is 11.8 Å². The van der Waals surface area contributed by atoms with Gasteiger partial charge in [-0.05, 0) is 112 Å². The van der Waals surface area contributed by atoms with E-state index in [1.807, 2.05) is 25.1 Å². The number of anilines is 1. The molecule has 1 spiro atoms. The smallest absolute Gasteiger partial charge is 0.304 e. The maximum Gasteiger partial charge on any atom is 0.304 e. The molecular weight excluding hydrogens is 626 g/mol. The van der Waals surface area contributed by atoms with Gasteiger partial charge < -0.3 is 19.5 Å². The Balaban J connectivity index is 1.27. The van der Waals surface area contributed by atoms with Crippen LogP contribution >= 0.6 is 11.6 Å². The Kier molecular flexibility index (Phi) is 8.86. The first kappa shape index (κ1) is 31.9. The minimum absolute atomic E-state index is 0.0960. The number of hydrogen-bond acceptors (Lipinski definition) is 7. The number of halogens is 1. The van der Waals surface area contributed by atoms with Crippen molar-refractivity contribution in [3.63, 3.8) is 0 Å². The van der Waals surface area contributed by atoms with E-state index in [0.717, 1.165) is 55.7 Å². The Morgan fingerprint density at radius 1 is 1.13 bits per heavy atom. The van der Waals surface area contributed by atoms with Crippen molar-refractivity contribution < 1.29 is 27.8 Å². The first-order valence-electron chi connectivity index (χ1n) is 16.7. The number of ether oxygens (including phenoxy) is 2. The Labute approximate surface area is 277 Å². The highest BCUT2D eigenvalue weighted by Crippen LogP contribution is 2.46. The molecular formula is C35H44ClN3O6S. The number of carbonyl (C=O) groups is 1. The zero-order chi connectivity index (χ0) is 32.1. The maximum atomic E-state index is 13.8. The Morgan fingerprint density at radius 3 is 2.78 bits per heavy atom. The van der Waals surface area contributed by atoms with Crippen LogP contribution in [0.2, 0.25) is 5.02 Å². The van der Waals surface area contributed by atoms with E-state index in [1.165, 1.54) is 15.4 Å². The van der Waals surface area contributed by atoms with Gasteiger partial charge in [-0.3, -0.25) is 4.79 Å². The molecule has 5 aliphatic rings. The summed E-state index contributed by atoms with van der Waals surface area (Å²) in [4.78, 5) is 16.0. The summed E-state index contributed by atoms with van der Waals surface area (Å²) in [5, 5.41) is 12.0. The van der Waals surface area contributed by atoms with Crippen molar-refractivity contribution in [1.82, 2.24) is 9.03 Å². The number of fused-ring (bicyclic) bond motifs is 4. The summed E-state index contributed by atoms with van der Waals surface area (Å²) in [6, 6.07) is 10.9. The van der Waals surface area contributed by atoms with Crippen molar-refractivity contribution in [2.75, 3.05) is 37.7 Å². The van der Waals surface area contributed by atoms with Gasteiger partial charge in [0.2, 0.25) is 0 Å². The average molecular weight is 670 g/mol. The molecule has 2 fully saturated rings. The second-order valence-corrected chi connectivity index (χ2v) is 16.0. The summed E-state index contributed by atoms with van der Waals surface area (Å²) in [5.74, 6) is 0.348. The lowest BCUT2D eigenvalue weighted by molar-refractivity contribution is 0.0455. The molecule has 0 unspecified atom stereocenters. The molecule has 3 aliphatic heterocycles. The summed E-state index contributed by atoms with van der Waals surface area (Å²) < 4.78 is 43.6. The largest absolute Gasteiger partial charge is 0.490 e. The molecule has 2 aromatic rings. The van der Waals surface area contributed by atoms with Gasteiger partial charge in [-0.2, -0.15) is 12.7 Å². The maximum absolute atomic E-state index is 13.8. The number of nitrogens with one attached hydrogen (secondary N) is 1. The van der Waals surface area contributed by atoms with Crippen LogP contribution in [0.1, 0.15) is 73.4 Å². The van der Waals surface area contributed by atoms with Crippen LogP contribution in [0.4, 0.5) is 5.69 Å². The molecule has 46 heavy (non-hydrogen) atoms. The van der Waals surface area contributed by atoms with E-state index >= 15 is 0 Å². The van der Waals surface area contributed by atoms with Gasteiger partial charge in [0, 0.05) is 48.3 Å². The quantitative estimate of drug-likeness (QED) is 0.433. The van der Waals surface area contributed by atoms with Crippen LogP contribution in [0.5, 0.6) is 5.75 Å². The second kappa shape index (κ2) is 12.8. The third kappa shape index (κ3) is 6.19. The first-order chi connectivity index (χ1) is 22.1. The molecule has 2 aromatic carbocycles. The van der Waals surface area contributed by atoms with Gasteiger partial charge in [0.1, 0.15) is 5.75 Å². The predicted octanol–water partition coefficient (Wildman–Crippen LogP) is 5.00. The third-order valence-electron chi connectivity index (χ3n) is 10.9. The molecule has 1 amide bonds. The zero-order valence-electron chi connectivity index (χ0n) is 26.4. The SMILES string of the molecule is C[C@@H]1C/C=C\[C@H](O)[C@@H]2CC[C@H]2CN2C[C@@]3(CCCc4cc(Cl)ccc43)COc3ccc(cc32)C(=O)NS(=O)(=O)N1C[C@H]1CCCO1. The van der Waals surface area contributed by atoms with Crippen molar-refractivity contribution >= 4 is 33.4 Å². The van der Waals surface area contributed by atoms with Crippen LogP contribution in [0.15, 0.2) is 48.6 Å². The molecule has 2 aliphatic carbocycles. The van der Waals surface area contributed by atoms with Crippen LogP contribution < -0.4 is 14.4 Å². The molecule has 6 atom stereocenters. The predicted molar refractivity (Wildman–Crippen MR) is 178 cm³/mol. The number of nitrogens with zero attached hydrogens (tertiary/aromatic N) is 2. The molecule has 0 aromatic heterocycles. The fourth-order valence-electron chi connectivity index (χ4n) is 8.22. The van der Waals surface area contributed by atoms with E-state index in [1.54, 1.807) is 18.2 Å². The summed E-state index contributed by atoms with van der Waals surface area (Å²) in [6.45, 7) is 4.45. The Morgan fingerprint density at radius 2 is 2.00 bits per heavy atom. The van der Waals surface area contributed by atoms with Crippen molar-refractivity contribution in [3.8, 4) is 5.75 Å². The van der Waals surface area contributed by atoms with Gasteiger partial charge in [0.15, 0.2) is 0 Å². The van der Waals surface area contributed by atoms with Gasteiger partial charge in [-0.15, -0.1) is 0 Å². The fourth-order valence-corrected chi connectivity index (χ4v) is 9.81. The molecule has 3 heterocycles. The first-order valence-corrected chi connectivity index (χ1v) is 18.5. The van der Waals surface area contributed by atoms with Crippen molar-refractivity contribution in [1.29, 1.82) is 0 Å². The number of aliphatic hydroxyl groups is 1. The minimum Gasteiger partial charge on any atom is -0.490 e. The molecule has 7 rings (SSSR count). The van der Waals surface area contributed by atoms with E-state index in [4.69, 9.17) is 21.1 Å². The molecule has 2 N–H and O–H groups in total. The van der Waals surface area contributed by atoms with Gasteiger partial charge in [0.05, 0.1) is 24.5 Å². The van der Waals surface area contributed by atoms with E-state index in [0.29, 0.717) is 38.5 Å². The molecule has 248 valence electrons. The van der Waals surface area contributed by atoms with Gasteiger partial charge in [-0.25, -0.2) is 4.72 Å². The summed E-state index contributed by atoms with van der Waals surface area (Å²) in [5.41, 5.74) is 3.25. The van der Waals surface area contributed by atoms with E-state index in [9.17, 15) is 18.3 Å². The molecule has 1 saturated carbocycles. The number of benzene rings is 2. The lowest BCUT2D eigenvalue weighted by Gasteiger charge is -2.45. The topological polar surface area (TPSA) is 108 Å². The normalized spacial score (nSPS) is 33.6. The summed E-state index contributed by atoms with van der Waals surface area (Å²) in [6.07, 6.45) is 9.79. The average Bonchev–Trinajstić information content (AvgIpc) is 3.47. The number of aryl methyl sites for hydroxylation is 1. The molecule has 2 bridgehead atoms. The summed E-state index contributed by atoms with van der Waals surface area (Å²) in [7, 11) is -4.21. The number of amides is 1. The highest BCUT2D eigenvalue weighted by molar-refractivity contribution is 7.87. The lowest BCUT2D eigenvalue weighted by atomic mass is 9.68. The fraction of sp³-hybridized carbons (Fsp3) is 0.571. The van der Waals surface area contributed by atoms with Crippen LogP contribution in [0.3, 0.4) is 0 Å². The minimum atomic E-state index is -4.21. The number of hydrogen-bond donors (Lipinski definition) is 2. The highest BCUT2D eigenvalue weighted by Gasteiger charge is 2.44. The van der Waals surface area contributed by atoms with Crippen molar-refractivity contribution in [2.45, 2.75) is 82.0 Å². The van der Waals surface area contributed by atoms with Crippen molar-refractivity contribution in [2.24, 2.45) is 11.8 Å². The van der Waals surface area contributed by atoms with E-state index in [-0.39, 0.29) is 35.5 Å². The van der Waals surface area contributed by atoms with Crippen LogP contribution in [-0.4, -0.2) is 74.8 Å². The highest BCUT2D eigenvalue weighted by atomic mass is 35.5. The molecule has 0 radical (unpaired) electrons. The van der Waals surface area contributed by atoms with Crippen molar-refractivity contribution in [3.05, 3.63) is 70.3 Å². The Bertz CT molecular complexity index is 1610. The van der Waals surface area contributed by atoms with Gasteiger partial charge in [0.25, 0.3) is 5.91 Å². The Hall–Kier alpha value is -2.63. The number of aliphatic hydroxyl groups excluding tert-OH is 1. The van der Waals surface area contributed by atoms with E-state index in [2.05, 4.69) is 21.8 Å². The molecule has 11 heteroatoms. The summed E-state index contributed by atoms with van der Waals surface area (Å²) >= 11 is 6.41. The van der Waals surface area contributed by atoms with Crippen LogP contribution in [-0.2, 0) is 26.8 Å². The molecule has 1 saturated heterocycles. The third-order valence-corrected chi connectivity index (χ3v) is 12.7. The van der Waals surface area contributed by atoms with Crippen LogP contribution in [0.25, 0.3) is 0 Å². The van der Waals surface area contributed by atoms with Gasteiger partial charge >= 0.3 is 10.2 Å². The van der Waals surface area contributed by atoms with Gasteiger partial charge in [-0.1, -0.05) is 29.8 Å². The monoisotopic (exact) mass is 669 g/mol. The number of carbonyl (C=O) groups excluding carboxylic acids is 1. The van der Waals surface area contributed by atoms with E-state index < -0.39 is 28.3 Å². The second-order valence-electron chi connectivity index (χ2n) is 13.9. The lowest BCUT2D eigenvalue weighted by Crippen LogP contribution is -2.50. The molecule has 9 nitrogen and oxygen atoms in total. The number of rotatable bonds is 2. The standard InChI is InChI=1S/C35H44ClN3O6S/c1-23-5-2-8-32(40)29-12-9-26(29)19-38-21-35(15-3-6-24-17-27(36)11-13-30(24)35)22-45-33-14-10-25(18-31(33)38)34(41)37-46(42,43)39(23)20-28-7-4-16-44-28/h2,8,10-11,13-14,17-18,23,26,28-29,32,40H,3-7,9,12,15-16,19-22H2,1H3,(H,37,41)/b8-2-/t23-,26+,28-,29-,32+,35+/m1/s1.